The molecule has 0 unspecified atom stereocenters. The Labute approximate surface area is 150 Å². The lowest BCUT2D eigenvalue weighted by Gasteiger charge is -2.09. The molecule has 0 radical (unpaired) electrons. The zero-order valence-electron chi connectivity index (χ0n) is 12.3. The van der Waals surface area contributed by atoms with Crippen LogP contribution in [-0.4, -0.2) is 20.7 Å². The van der Waals surface area contributed by atoms with Crippen LogP contribution in [0, 0.1) is 10.6 Å². The highest BCUT2D eigenvalue weighted by atomic mass is 79.9. The Kier molecular flexibility index (Phi) is 4.86. The van der Waals surface area contributed by atoms with Crippen LogP contribution in [0.15, 0.2) is 53.0 Å². The number of hydrogen-bond acceptors (Lipinski definition) is 3. The number of H-pyrrole nitrogens is 1. The van der Waals surface area contributed by atoms with Gasteiger partial charge in [-0.1, -0.05) is 28.1 Å². The Morgan fingerprint density at radius 1 is 1.25 bits per heavy atom. The van der Waals surface area contributed by atoms with Crippen LogP contribution in [0.25, 0.3) is 5.69 Å². The van der Waals surface area contributed by atoms with Gasteiger partial charge in [0.25, 0.3) is 5.91 Å². The number of halogens is 2. The van der Waals surface area contributed by atoms with Gasteiger partial charge in [0.05, 0.1) is 12.1 Å². The predicted molar refractivity (Wildman–Crippen MR) is 94.0 cm³/mol. The van der Waals surface area contributed by atoms with E-state index in [1.165, 1.54) is 18.2 Å². The summed E-state index contributed by atoms with van der Waals surface area (Å²) in [5, 5.41) is 9.49. The van der Waals surface area contributed by atoms with Gasteiger partial charge in [-0.2, -0.15) is 5.10 Å². The number of amides is 1. The molecule has 0 fully saturated rings. The number of aromatic amines is 1. The number of rotatable bonds is 4. The molecule has 2 aromatic carbocycles. The Bertz CT molecular complexity index is 936. The topological polar surface area (TPSA) is 62.7 Å². The van der Waals surface area contributed by atoms with Crippen molar-refractivity contribution in [3.05, 3.63) is 75.0 Å². The number of benzene rings is 2. The van der Waals surface area contributed by atoms with Crippen LogP contribution in [0.3, 0.4) is 0 Å². The summed E-state index contributed by atoms with van der Waals surface area (Å²) in [5.74, 6) is -0.557. The zero-order valence-corrected chi connectivity index (χ0v) is 14.7. The molecule has 1 amide bonds. The summed E-state index contributed by atoms with van der Waals surface area (Å²) in [5.41, 5.74) is 0.800. The average molecular weight is 407 g/mol. The second-order valence-corrected chi connectivity index (χ2v) is 6.22. The van der Waals surface area contributed by atoms with Gasteiger partial charge in [-0.25, -0.2) is 4.39 Å². The van der Waals surface area contributed by atoms with Gasteiger partial charge >= 0.3 is 0 Å². The number of nitrogens with one attached hydrogen (secondary N) is 2. The second-order valence-electron chi connectivity index (χ2n) is 4.92. The third kappa shape index (κ3) is 3.44. The fourth-order valence-corrected chi connectivity index (χ4v) is 2.73. The van der Waals surface area contributed by atoms with E-state index in [1.807, 2.05) is 24.3 Å². The van der Waals surface area contributed by atoms with Crippen molar-refractivity contribution >= 4 is 34.1 Å². The first-order valence-corrected chi connectivity index (χ1v) is 8.21. The summed E-state index contributed by atoms with van der Waals surface area (Å²) in [6, 6.07) is 13.3. The van der Waals surface area contributed by atoms with Crippen LogP contribution < -0.4 is 5.32 Å². The molecule has 1 heterocycles. The fourth-order valence-electron chi connectivity index (χ4n) is 2.20. The van der Waals surface area contributed by atoms with Gasteiger partial charge in [-0.3, -0.25) is 14.5 Å². The molecule has 1 aromatic heterocycles. The summed E-state index contributed by atoms with van der Waals surface area (Å²) in [4.78, 5) is 12.1. The Morgan fingerprint density at radius 2 is 1.96 bits per heavy atom. The van der Waals surface area contributed by atoms with E-state index >= 15 is 0 Å². The van der Waals surface area contributed by atoms with Crippen LogP contribution >= 0.6 is 28.1 Å². The van der Waals surface area contributed by atoms with Crippen molar-refractivity contribution in [3.63, 3.8) is 0 Å². The molecule has 24 heavy (non-hydrogen) atoms. The number of nitrogens with zero attached hydrogens (tertiary/aromatic N) is 2. The summed E-state index contributed by atoms with van der Waals surface area (Å²) < 4.78 is 16.7. The maximum atomic E-state index is 13.6. The van der Waals surface area contributed by atoms with Gasteiger partial charge in [0.2, 0.25) is 0 Å². The smallest absolute Gasteiger partial charge is 0.254 e. The van der Waals surface area contributed by atoms with E-state index < -0.39 is 11.7 Å². The fraction of sp³-hybridized carbons (Fsp3) is 0.0625. The first-order chi connectivity index (χ1) is 11.6. The number of carbonyl (C=O) groups excluding carboxylic acids is 1. The molecule has 5 nitrogen and oxygen atoms in total. The average Bonchev–Trinajstić information content (AvgIpc) is 2.95. The lowest BCUT2D eigenvalue weighted by atomic mass is 10.2. The number of aromatic nitrogens is 3. The third-order valence-electron chi connectivity index (χ3n) is 3.35. The maximum absolute atomic E-state index is 13.6. The molecular weight excluding hydrogens is 395 g/mol. The molecule has 3 aromatic rings. The van der Waals surface area contributed by atoms with Crippen LogP contribution in [0.4, 0.5) is 4.39 Å². The van der Waals surface area contributed by atoms with E-state index in [2.05, 4.69) is 31.4 Å². The van der Waals surface area contributed by atoms with E-state index in [9.17, 15) is 9.18 Å². The first-order valence-electron chi connectivity index (χ1n) is 7.01. The van der Waals surface area contributed by atoms with Gasteiger partial charge in [-0.15, -0.1) is 0 Å². The highest BCUT2D eigenvalue weighted by molar-refractivity contribution is 9.10. The molecular formula is C16H12BrFN4OS. The van der Waals surface area contributed by atoms with Crippen molar-refractivity contribution in [2.24, 2.45) is 0 Å². The zero-order chi connectivity index (χ0) is 17.1. The monoisotopic (exact) mass is 406 g/mol. The standard InChI is InChI=1S/C16H12BrFN4OS/c17-10-5-7-11(8-6-10)22-14(20-21-16(22)24)9-19-15(23)12-3-1-2-4-13(12)18/h1-8H,9H2,(H,19,23)(H,21,24). The number of carbonyl (C=O) groups is 1. The largest absolute Gasteiger partial charge is 0.345 e. The van der Waals surface area contributed by atoms with Gasteiger partial charge in [0, 0.05) is 10.2 Å². The SMILES string of the molecule is O=C(NCc1n[nH]c(=S)n1-c1ccc(Br)cc1)c1ccccc1F. The summed E-state index contributed by atoms with van der Waals surface area (Å²) >= 11 is 8.62. The molecule has 0 saturated heterocycles. The highest BCUT2D eigenvalue weighted by Gasteiger charge is 2.13. The van der Waals surface area contributed by atoms with Gasteiger partial charge in [0.1, 0.15) is 5.82 Å². The predicted octanol–water partition coefficient (Wildman–Crippen LogP) is 3.76. The third-order valence-corrected chi connectivity index (χ3v) is 4.15. The molecule has 122 valence electrons. The highest BCUT2D eigenvalue weighted by Crippen LogP contribution is 2.16. The van der Waals surface area contributed by atoms with Crippen LogP contribution in [0.5, 0.6) is 0 Å². The normalized spacial score (nSPS) is 10.6. The lowest BCUT2D eigenvalue weighted by Crippen LogP contribution is -2.25. The molecule has 0 atom stereocenters. The molecule has 0 aliphatic rings. The summed E-state index contributed by atoms with van der Waals surface area (Å²) in [7, 11) is 0. The molecule has 0 aliphatic carbocycles. The van der Waals surface area contributed by atoms with Crippen molar-refractivity contribution in [2.45, 2.75) is 6.54 Å². The van der Waals surface area contributed by atoms with E-state index in [1.54, 1.807) is 10.6 Å². The minimum absolute atomic E-state index is 0.0122. The van der Waals surface area contributed by atoms with Crippen molar-refractivity contribution in [1.82, 2.24) is 20.1 Å². The van der Waals surface area contributed by atoms with Gasteiger partial charge < -0.3 is 5.32 Å². The minimum atomic E-state index is -0.568. The van der Waals surface area contributed by atoms with Crippen molar-refractivity contribution < 1.29 is 9.18 Å². The molecule has 0 bridgehead atoms. The van der Waals surface area contributed by atoms with E-state index in [-0.39, 0.29) is 12.1 Å². The van der Waals surface area contributed by atoms with Crippen LogP contribution in [0.1, 0.15) is 16.2 Å². The Morgan fingerprint density at radius 3 is 2.67 bits per heavy atom. The molecule has 0 saturated carbocycles. The summed E-state index contributed by atoms with van der Waals surface area (Å²) in [6.45, 7) is 0.108. The van der Waals surface area contributed by atoms with E-state index in [0.717, 1.165) is 10.2 Å². The molecule has 0 spiro atoms. The summed E-state index contributed by atoms with van der Waals surface area (Å²) in [6.07, 6.45) is 0. The van der Waals surface area contributed by atoms with Crippen molar-refractivity contribution in [1.29, 1.82) is 0 Å². The Hall–Kier alpha value is -2.32. The first kappa shape index (κ1) is 16.5. The van der Waals surface area contributed by atoms with Crippen LogP contribution in [0.2, 0.25) is 0 Å². The lowest BCUT2D eigenvalue weighted by molar-refractivity contribution is 0.0945. The molecule has 3 rings (SSSR count). The van der Waals surface area contributed by atoms with Crippen molar-refractivity contribution in [3.8, 4) is 5.69 Å². The molecule has 8 heteroatoms. The van der Waals surface area contributed by atoms with Gasteiger partial charge in [0.15, 0.2) is 10.6 Å². The number of hydrogen-bond donors (Lipinski definition) is 2. The van der Waals surface area contributed by atoms with Crippen molar-refractivity contribution in [2.75, 3.05) is 0 Å². The van der Waals surface area contributed by atoms with E-state index in [0.29, 0.717) is 10.6 Å². The van der Waals surface area contributed by atoms with Gasteiger partial charge in [-0.05, 0) is 48.6 Å². The second kappa shape index (κ2) is 7.06. The Balaban J connectivity index is 1.82. The van der Waals surface area contributed by atoms with E-state index in [4.69, 9.17) is 12.2 Å². The minimum Gasteiger partial charge on any atom is -0.345 e. The quantitative estimate of drug-likeness (QED) is 0.648. The van der Waals surface area contributed by atoms with Crippen LogP contribution in [-0.2, 0) is 6.54 Å². The molecule has 2 N–H and O–H groups in total. The maximum Gasteiger partial charge on any atom is 0.254 e. The molecule has 0 aliphatic heterocycles.